The van der Waals surface area contributed by atoms with Crippen LogP contribution < -0.4 is 15.5 Å². The maximum Gasteiger partial charge on any atom is 0.338 e. The molecule has 10 nitrogen and oxygen atoms in total. The molecule has 0 aliphatic carbocycles. The number of nitrogens with one attached hydrogen (secondary N) is 2. The summed E-state index contributed by atoms with van der Waals surface area (Å²) in [6, 6.07) is 11.5. The highest BCUT2D eigenvalue weighted by molar-refractivity contribution is 7.80. The van der Waals surface area contributed by atoms with E-state index in [1.807, 2.05) is 36.7 Å². The van der Waals surface area contributed by atoms with E-state index < -0.39 is 0 Å². The topological polar surface area (TPSA) is 141 Å². The highest BCUT2D eigenvalue weighted by Crippen LogP contribution is 2.19. The van der Waals surface area contributed by atoms with E-state index >= 15 is 0 Å². The Bertz CT molecular complexity index is 853. The lowest BCUT2D eigenvalue weighted by atomic mass is 10.0. The number of carboxylic acid groups (broad SMARTS) is 2. The van der Waals surface area contributed by atoms with Crippen molar-refractivity contribution >= 4 is 47.6 Å². The summed E-state index contributed by atoms with van der Waals surface area (Å²) in [6.07, 6.45) is 5.69. The van der Waals surface area contributed by atoms with Gasteiger partial charge in [0.1, 0.15) is 0 Å². The van der Waals surface area contributed by atoms with Gasteiger partial charge in [-0.2, -0.15) is 0 Å². The van der Waals surface area contributed by atoms with E-state index in [1.54, 1.807) is 19.1 Å². The number of piperidine rings is 1. The molecule has 0 spiro atoms. The number of benzene rings is 1. The van der Waals surface area contributed by atoms with Crippen LogP contribution in [0.25, 0.3) is 0 Å². The zero-order valence-corrected chi connectivity index (χ0v) is 19.0. The Morgan fingerprint density at radius 2 is 1.67 bits per heavy atom. The quantitative estimate of drug-likeness (QED) is 0.287. The van der Waals surface area contributed by atoms with Crippen molar-refractivity contribution in [2.45, 2.75) is 25.8 Å². The fourth-order valence-electron chi connectivity index (χ4n) is 3.09. The third-order valence-corrected chi connectivity index (χ3v) is 4.73. The van der Waals surface area contributed by atoms with E-state index in [-0.39, 0.29) is 18.9 Å². The van der Waals surface area contributed by atoms with Gasteiger partial charge >= 0.3 is 5.97 Å². The molecule has 0 unspecified atom stereocenters. The van der Waals surface area contributed by atoms with E-state index in [9.17, 15) is 4.79 Å². The average molecular weight is 477 g/mol. The molecule has 11 heteroatoms. The predicted octanol–water partition coefficient (Wildman–Crippen LogP) is 2.62. The molecule has 4 N–H and O–H groups in total. The molecule has 1 saturated heterocycles. The predicted molar refractivity (Wildman–Crippen MR) is 129 cm³/mol. The number of pyridine rings is 1. The second kappa shape index (κ2) is 16.0. The highest BCUT2D eigenvalue weighted by atomic mass is 32.1. The number of esters is 1. The van der Waals surface area contributed by atoms with Crippen LogP contribution in [0.4, 0.5) is 11.4 Å². The summed E-state index contributed by atoms with van der Waals surface area (Å²) in [5.74, 6) is -0.314. The van der Waals surface area contributed by atoms with Crippen molar-refractivity contribution in [3.63, 3.8) is 0 Å². The molecular weight excluding hydrogens is 448 g/mol. The SMILES string of the molecule is CCOC(=O)c1ccc(NC(=S)NC2CCN(c3ccncc3)CC2)cc1.O=CO.O=CO. The smallest absolute Gasteiger partial charge is 0.338 e. The van der Waals surface area contributed by atoms with Crippen LogP contribution in [0.3, 0.4) is 0 Å². The maximum atomic E-state index is 11.7. The van der Waals surface area contributed by atoms with Crippen LogP contribution in [0.2, 0.25) is 0 Å². The number of hydrogen-bond acceptors (Lipinski definition) is 7. The minimum absolute atomic E-state index is 0.250. The van der Waals surface area contributed by atoms with Gasteiger partial charge < -0.3 is 30.5 Å². The van der Waals surface area contributed by atoms with Gasteiger partial charge in [0.2, 0.25) is 0 Å². The first-order chi connectivity index (χ1) is 16.0. The number of ether oxygens (including phenoxy) is 1. The lowest BCUT2D eigenvalue weighted by Crippen LogP contribution is -2.45. The van der Waals surface area contributed by atoms with Crippen LogP contribution in [0, 0.1) is 0 Å². The molecule has 0 amide bonds. The minimum Gasteiger partial charge on any atom is -0.483 e. The van der Waals surface area contributed by atoms with E-state index in [0.717, 1.165) is 31.6 Å². The third-order valence-electron chi connectivity index (χ3n) is 4.51. The zero-order valence-electron chi connectivity index (χ0n) is 18.2. The number of anilines is 2. The zero-order chi connectivity index (χ0) is 24.5. The Hall–Kier alpha value is -3.73. The van der Waals surface area contributed by atoms with E-state index in [0.29, 0.717) is 23.3 Å². The summed E-state index contributed by atoms with van der Waals surface area (Å²) < 4.78 is 4.99. The first-order valence-corrected chi connectivity index (χ1v) is 10.5. The number of carbonyl (C=O) groups excluding carboxylic acids is 1. The van der Waals surface area contributed by atoms with Crippen molar-refractivity contribution in [1.82, 2.24) is 10.3 Å². The van der Waals surface area contributed by atoms with Crippen LogP contribution in [0.15, 0.2) is 48.8 Å². The monoisotopic (exact) mass is 476 g/mol. The second-order valence-electron chi connectivity index (χ2n) is 6.57. The van der Waals surface area contributed by atoms with Crippen LogP contribution >= 0.6 is 12.2 Å². The summed E-state index contributed by atoms with van der Waals surface area (Å²) >= 11 is 5.43. The number of hydrogen-bond donors (Lipinski definition) is 4. The fraction of sp³-hybridized carbons (Fsp3) is 0.318. The van der Waals surface area contributed by atoms with Gasteiger partial charge in [-0.25, -0.2) is 4.79 Å². The third kappa shape index (κ3) is 10.4. The minimum atomic E-state index is -0.314. The molecule has 0 radical (unpaired) electrons. The summed E-state index contributed by atoms with van der Waals surface area (Å²) in [5, 5.41) is 20.9. The van der Waals surface area contributed by atoms with Gasteiger partial charge in [0.25, 0.3) is 12.9 Å². The van der Waals surface area contributed by atoms with Gasteiger partial charge in [0.05, 0.1) is 12.2 Å². The van der Waals surface area contributed by atoms with Gasteiger partial charge in [-0.15, -0.1) is 0 Å². The normalized spacial score (nSPS) is 12.6. The summed E-state index contributed by atoms with van der Waals surface area (Å²) in [6.45, 7) is 3.63. The van der Waals surface area contributed by atoms with Gasteiger partial charge in [-0.1, -0.05) is 0 Å². The van der Waals surface area contributed by atoms with Crippen molar-refractivity contribution < 1.29 is 29.3 Å². The fourth-order valence-corrected chi connectivity index (χ4v) is 3.38. The molecule has 1 fully saturated rings. The Morgan fingerprint density at radius 3 is 2.18 bits per heavy atom. The van der Waals surface area contributed by atoms with Crippen LogP contribution in [0.1, 0.15) is 30.1 Å². The molecule has 1 aromatic heterocycles. The Balaban J connectivity index is 0.000000819. The first-order valence-electron chi connectivity index (χ1n) is 10.1. The van der Waals surface area contributed by atoms with Gasteiger partial charge in [-0.05, 0) is 68.4 Å². The molecule has 1 aliphatic heterocycles. The Labute approximate surface area is 197 Å². The highest BCUT2D eigenvalue weighted by Gasteiger charge is 2.20. The number of aromatic nitrogens is 1. The van der Waals surface area contributed by atoms with Crippen LogP contribution in [0.5, 0.6) is 0 Å². The van der Waals surface area contributed by atoms with Gasteiger partial charge in [-0.3, -0.25) is 14.6 Å². The van der Waals surface area contributed by atoms with Crippen molar-refractivity contribution in [2.75, 3.05) is 29.9 Å². The molecule has 0 saturated carbocycles. The number of rotatable bonds is 5. The number of carbonyl (C=O) groups is 3. The second-order valence-corrected chi connectivity index (χ2v) is 6.98. The lowest BCUT2D eigenvalue weighted by Gasteiger charge is -2.34. The lowest BCUT2D eigenvalue weighted by molar-refractivity contribution is -0.123. The molecule has 3 rings (SSSR count). The Morgan fingerprint density at radius 1 is 1.12 bits per heavy atom. The van der Waals surface area contributed by atoms with Crippen molar-refractivity contribution in [2.24, 2.45) is 0 Å². The van der Waals surface area contributed by atoms with Crippen molar-refractivity contribution in [3.8, 4) is 0 Å². The molecule has 0 atom stereocenters. The summed E-state index contributed by atoms with van der Waals surface area (Å²) in [7, 11) is 0. The standard InChI is InChI=1S/C20H24N4O2S.2CH2O2/c1-2-26-19(25)15-3-5-16(6-4-15)22-20(27)23-17-9-13-24(14-10-17)18-7-11-21-12-8-18;2*2-1-3/h3-8,11-12,17H,2,9-10,13-14H2,1H3,(H2,22,23,27);2*1H,(H,2,3). The van der Waals surface area contributed by atoms with E-state index in [4.69, 9.17) is 36.8 Å². The molecule has 2 aromatic rings. The van der Waals surface area contributed by atoms with E-state index in [1.165, 1.54) is 5.69 Å². The largest absolute Gasteiger partial charge is 0.483 e. The molecule has 1 aromatic carbocycles. The molecule has 178 valence electrons. The van der Waals surface area contributed by atoms with Crippen molar-refractivity contribution in [1.29, 1.82) is 0 Å². The number of nitrogens with zero attached hydrogens (tertiary/aromatic N) is 2. The molecule has 0 bridgehead atoms. The van der Waals surface area contributed by atoms with Crippen LogP contribution in [-0.2, 0) is 14.3 Å². The molecular formula is C22H28N4O6S. The first kappa shape index (κ1) is 27.3. The molecule has 2 heterocycles. The summed E-state index contributed by atoms with van der Waals surface area (Å²) in [5.41, 5.74) is 2.59. The molecule has 1 aliphatic rings. The van der Waals surface area contributed by atoms with E-state index in [2.05, 4.69) is 20.5 Å². The Kier molecular flexibility index (Phi) is 13.2. The molecule has 33 heavy (non-hydrogen) atoms. The van der Waals surface area contributed by atoms with Crippen molar-refractivity contribution in [3.05, 3.63) is 54.4 Å². The van der Waals surface area contributed by atoms with Crippen LogP contribution in [-0.4, -0.2) is 65.0 Å². The summed E-state index contributed by atoms with van der Waals surface area (Å²) in [4.78, 5) is 34.8. The van der Waals surface area contributed by atoms with Gasteiger partial charge in [0, 0.05) is 42.9 Å². The number of thiocarbonyl (C=S) groups is 1. The van der Waals surface area contributed by atoms with Gasteiger partial charge in [0.15, 0.2) is 5.11 Å². The maximum absolute atomic E-state index is 11.7. The average Bonchev–Trinajstić information content (AvgIpc) is 2.82.